The number of aromatic nitrogens is 3. The first-order chi connectivity index (χ1) is 14.1. The molecule has 2 aromatic carbocycles. The highest BCUT2D eigenvalue weighted by Crippen LogP contribution is 2.17. The zero-order valence-electron chi connectivity index (χ0n) is 15.9. The molecule has 146 valence electrons. The van der Waals surface area contributed by atoms with Gasteiger partial charge in [0, 0.05) is 6.07 Å². The van der Waals surface area contributed by atoms with Gasteiger partial charge in [-0.3, -0.25) is 4.79 Å². The van der Waals surface area contributed by atoms with Gasteiger partial charge in [0.15, 0.2) is 0 Å². The first kappa shape index (κ1) is 19.0. The number of ether oxygens (including phenoxy) is 1. The van der Waals surface area contributed by atoms with Crippen LogP contribution in [0.3, 0.4) is 0 Å². The molecule has 0 saturated carbocycles. The molecular weight excluding hydrogens is 386 g/mol. The molecule has 0 radical (unpaired) electrons. The molecule has 2 aromatic heterocycles. The molecule has 2 heterocycles. The van der Waals surface area contributed by atoms with Crippen LogP contribution in [0.15, 0.2) is 65.5 Å². The van der Waals surface area contributed by atoms with E-state index >= 15 is 0 Å². The number of aryl methyl sites for hydroxylation is 1. The molecule has 0 unspecified atom stereocenters. The Kier molecular flexibility index (Phi) is 5.48. The van der Waals surface area contributed by atoms with Crippen molar-refractivity contribution in [1.82, 2.24) is 14.6 Å². The van der Waals surface area contributed by atoms with Crippen molar-refractivity contribution in [3.8, 4) is 0 Å². The van der Waals surface area contributed by atoms with E-state index in [2.05, 4.69) is 10.1 Å². The Morgan fingerprint density at radius 1 is 1.10 bits per heavy atom. The Labute approximate surface area is 171 Å². The average molecular weight is 405 g/mol. The summed E-state index contributed by atoms with van der Waals surface area (Å²) in [5, 5.41) is 5.05. The highest BCUT2D eigenvalue weighted by Gasteiger charge is 2.14. The summed E-state index contributed by atoms with van der Waals surface area (Å²) in [6, 6.07) is 18.7. The number of hydrogen-bond acceptors (Lipinski definition) is 6. The molecule has 0 spiro atoms. The molecule has 7 heteroatoms. The van der Waals surface area contributed by atoms with Gasteiger partial charge in [0.25, 0.3) is 5.56 Å². The van der Waals surface area contributed by atoms with E-state index in [1.54, 1.807) is 6.07 Å². The summed E-state index contributed by atoms with van der Waals surface area (Å²) >= 11 is 1.36. The molecule has 0 aliphatic heterocycles. The first-order valence-electron chi connectivity index (χ1n) is 9.31. The van der Waals surface area contributed by atoms with Crippen molar-refractivity contribution in [1.29, 1.82) is 0 Å². The van der Waals surface area contributed by atoms with Crippen LogP contribution in [-0.4, -0.2) is 20.6 Å². The number of benzene rings is 2. The van der Waals surface area contributed by atoms with Gasteiger partial charge in [-0.25, -0.2) is 9.78 Å². The van der Waals surface area contributed by atoms with Gasteiger partial charge in [-0.05, 0) is 30.0 Å². The highest BCUT2D eigenvalue weighted by molar-refractivity contribution is 7.16. The number of fused-ring (bicyclic) bond motifs is 1. The Morgan fingerprint density at radius 3 is 2.66 bits per heavy atom. The monoisotopic (exact) mass is 405 g/mol. The van der Waals surface area contributed by atoms with Gasteiger partial charge in [-0.2, -0.15) is 9.61 Å². The predicted octanol–water partition coefficient (Wildman–Crippen LogP) is 3.66. The second-order valence-corrected chi connectivity index (χ2v) is 7.57. The van der Waals surface area contributed by atoms with E-state index in [1.165, 1.54) is 21.9 Å². The Balaban J connectivity index is 1.52. The molecule has 29 heavy (non-hydrogen) atoms. The van der Waals surface area contributed by atoms with Crippen LogP contribution in [0, 0.1) is 0 Å². The fraction of sp³-hybridized carbons (Fsp3) is 0.182. The van der Waals surface area contributed by atoms with Gasteiger partial charge < -0.3 is 4.74 Å². The van der Waals surface area contributed by atoms with E-state index in [4.69, 9.17) is 4.74 Å². The van der Waals surface area contributed by atoms with E-state index in [9.17, 15) is 9.59 Å². The quantitative estimate of drug-likeness (QED) is 0.458. The van der Waals surface area contributed by atoms with Crippen LogP contribution < -0.4 is 5.56 Å². The molecule has 0 atom stereocenters. The topological polar surface area (TPSA) is 73.6 Å². The molecule has 6 nitrogen and oxygen atoms in total. The second kappa shape index (κ2) is 8.36. The van der Waals surface area contributed by atoms with Crippen LogP contribution in [0.5, 0.6) is 0 Å². The van der Waals surface area contributed by atoms with Crippen LogP contribution in [0.4, 0.5) is 0 Å². The van der Waals surface area contributed by atoms with Crippen LogP contribution >= 0.6 is 11.3 Å². The molecule has 4 rings (SSSR count). The van der Waals surface area contributed by atoms with Gasteiger partial charge >= 0.3 is 5.97 Å². The summed E-state index contributed by atoms with van der Waals surface area (Å²) in [5.41, 5.74) is 2.66. The molecule has 0 amide bonds. The smallest absolute Gasteiger partial charge is 0.338 e. The lowest BCUT2D eigenvalue weighted by Gasteiger charge is -2.09. The lowest BCUT2D eigenvalue weighted by molar-refractivity contribution is 0.0466. The van der Waals surface area contributed by atoms with Crippen molar-refractivity contribution in [2.75, 3.05) is 0 Å². The fourth-order valence-corrected chi connectivity index (χ4v) is 3.88. The van der Waals surface area contributed by atoms with Crippen molar-refractivity contribution in [2.24, 2.45) is 0 Å². The van der Waals surface area contributed by atoms with Gasteiger partial charge in [0.2, 0.25) is 4.96 Å². The molecule has 0 fully saturated rings. The zero-order chi connectivity index (χ0) is 20.2. The Hall–Kier alpha value is -3.32. The van der Waals surface area contributed by atoms with Crippen LogP contribution in [-0.2, 0) is 24.2 Å². The first-order valence-corrected chi connectivity index (χ1v) is 10.1. The van der Waals surface area contributed by atoms with Crippen LogP contribution in [0.2, 0.25) is 0 Å². The maximum atomic E-state index is 12.7. The van der Waals surface area contributed by atoms with E-state index in [0.29, 0.717) is 22.6 Å². The largest absolute Gasteiger partial charge is 0.456 e. The molecule has 0 aliphatic carbocycles. The van der Waals surface area contributed by atoms with E-state index in [1.807, 2.05) is 55.5 Å². The summed E-state index contributed by atoms with van der Waals surface area (Å²) in [5.74, 6) is -0.433. The molecule has 4 aromatic rings. The summed E-state index contributed by atoms with van der Waals surface area (Å²) in [6.45, 7) is 1.90. The Morgan fingerprint density at radius 2 is 1.86 bits per heavy atom. The molecule has 0 N–H and O–H groups in total. The van der Waals surface area contributed by atoms with Crippen molar-refractivity contribution in [2.45, 2.75) is 26.4 Å². The molecular formula is C22H19N3O3S. The van der Waals surface area contributed by atoms with Crippen molar-refractivity contribution < 1.29 is 9.53 Å². The fourth-order valence-electron chi connectivity index (χ4n) is 3.02. The summed E-state index contributed by atoms with van der Waals surface area (Å²) in [7, 11) is 0. The van der Waals surface area contributed by atoms with Gasteiger partial charge in [0.05, 0.1) is 11.3 Å². The Bertz CT molecular complexity index is 1210. The predicted molar refractivity (Wildman–Crippen MR) is 111 cm³/mol. The third-order valence-electron chi connectivity index (χ3n) is 4.47. The van der Waals surface area contributed by atoms with Gasteiger partial charge in [-0.1, -0.05) is 66.8 Å². The lowest BCUT2D eigenvalue weighted by atomic mass is 10.00. The standard InChI is InChI=1S/C22H19N3O3S/c1-2-19-24-25-20(26)13-17(23-22(25)29-19)14-28-21(27)18-11-7-6-10-16(18)12-15-8-4-3-5-9-15/h3-11,13H,2,12,14H2,1H3. The minimum atomic E-state index is -0.433. The van der Waals surface area contributed by atoms with Crippen molar-refractivity contribution in [3.63, 3.8) is 0 Å². The summed E-state index contributed by atoms with van der Waals surface area (Å²) < 4.78 is 6.75. The van der Waals surface area contributed by atoms with E-state index in [0.717, 1.165) is 22.6 Å². The molecule has 0 saturated heterocycles. The van der Waals surface area contributed by atoms with Gasteiger partial charge in [-0.15, -0.1) is 0 Å². The number of carbonyl (C=O) groups excluding carboxylic acids is 1. The van der Waals surface area contributed by atoms with E-state index < -0.39 is 5.97 Å². The van der Waals surface area contributed by atoms with Crippen molar-refractivity contribution >= 4 is 22.3 Å². The number of carbonyl (C=O) groups is 1. The average Bonchev–Trinajstić information content (AvgIpc) is 3.17. The number of nitrogens with zero attached hydrogens (tertiary/aromatic N) is 3. The normalized spacial score (nSPS) is 10.9. The summed E-state index contributed by atoms with van der Waals surface area (Å²) in [6.07, 6.45) is 1.37. The maximum absolute atomic E-state index is 12.7. The third-order valence-corrected chi connectivity index (χ3v) is 5.52. The lowest BCUT2D eigenvalue weighted by Crippen LogP contribution is -2.17. The van der Waals surface area contributed by atoms with E-state index in [-0.39, 0.29) is 12.2 Å². The maximum Gasteiger partial charge on any atom is 0.338 e. The number of rotatable bonds is 6. The highest BCUT2D eigenvalue weighted by atomic mass is 32.1. The number of esters is 1. The van der Waals surface area contributed by atoms with Crippen molar-refractivity contribution in [3.05, 3.63) is 98.4 Å². The minimum absolute atomic E-state index is 0.0659. The van der Waals surface area contributed by atoms with Crippen LogP contribution in [0.25, 0.3) is 4.96 Å². The molecule has 0 aliphatic rings. The summed E-state index contributed by atoms with van der Waals surface area (Å²) in [4.78, 5) is 29.8. The van der Waals surface area contributed by atoms with Crippen LogP contribution in [0.1, 0.15) is 39.1 Å². The SMILES string of the molecule is CCc1nn2c(=O)cc(COC(=O)c3ccccc3Cc3ccccc3)nc2s1. The third kappa shape index (κ3) is 4.25. The van der Waals surface area contributed by atoms with Gasteiger partial charge in [0.1, 0.15) is 11.6 Å². The zero-order valence-corrected chi connectivity index (χ0v) is 16.7. The minimum Gasteiger partial charge on any atom is -0.456 e. The number of hydrogen-bond donors (Lipinski definition) is 0. The molecule has 0 bridgehead atoms. The second-order valence-electron chi connectivity index (χ2n) is 6.53.